The quantitative estimate of drug-likeness (QED) is 0.356. The van der Waals surface area contributed by atoms with Crippen LogP contribution in [0.1, 0.15) is 77.0 Å². The zero-order valence-electron chi connectivity index (χ0n) is 21.9. The molecule has 6 nitrogen and oxygen atoms in total. The summed E-state index contributed by atoms with van der Waals surface area (Å²) in [6.45, 7) is 11.1. The number of rotatable bonds is 14. The lowest BCUT2D eigenvalue weighted by molar-refractivity contribution is -0.125. The molecule has 0 saturated heterocycles. The summed E-state index contributed by atoms with van der Waals surface area (Å²) in [5.41, 5.74) is 7.94. The van der Waals surface area contributed by atoms with E-state index >= 15 is 0 Å². The second-order valence-electron chi connectivity index (χ2n) is 9.62. The topological polar surface area (TPSA) is 93.4 Å². The summed E-state index contributed by atoms with van der Waals surface area (Å²) in [5, 5.41) is 6.06. The average Bonchev–Trinajstić information content (AvgIpc) is 2.89. The van der Waals surface area contributed by atoms with Crippen molar-refractivity contribution in [2.75, 3.05) is 13.2 Å². The normalized spacial score (nSPS) is 15.4. The van der Waals surface area contributed by atoms with Crippen LogP contribution in [0.2, 0.25) is 0 Å². The average molecular weight is 482 g/mol. The molecule has 4 N–H and O–H groups in total. The summed E-state index contributed by atoms with van der Waals surface area (Å²) >= 11 is 0. The van der Waals surface area contributed by atoms with E-state index in [2.05, 4.69) is 24.5 Å². The molecule has 0 aromatic heterocycles. The number of hydrogen-bond acceptors (Lipinski definition) is 4. The summed E-state index contributed by atoms with van der Waals surface area (Å²) in [6.07, 6.45) is 3.09. The van der Waals surface area contributed by atoms with Crippen LogP contribution in [0.25, 0.3) is 0 Å². The molecule has 2 aromatic carbocycles. The Hall–Kier alpha value is -2.86. The van der Waals surface area contributed by atoms with Crippen LogP contribution < -0.4 is 21.1 Å². The molecule has 0 saturated carbocycles. The zero-order valence-corrected chi connectivity index (χ0v) is 21.9. The molecule has 0 heterocycles. The van der Waals surface area contributed by atoms with Gasteiger partial charge in [0.1, 0.15) is 5.75 Å². The molecule has 0 aliphatic carbocycles. The first-order valence-corrected chi connectivity index (χ1v) is 12.9. The van der Waals surface area contributed by atoms with Gasteiger partial charge >= 0.3 is 0 Å². The van der Waals surface area contributed by atoms with Crippen molar-refractivity contribution in [3.05, 3.63) is 65.7 Å². The van der Waals surface area contributed by atoms with Crippen LogP contribution in [0.5, 0.6) is 5.75 Å². The molecule has 0 aliphatic heterocycles. The molecule has 192 valence electrons. The van der Waals surface area contributed by atoms with Gasteiger partial charge in [0.05, 0.1) is 24.6 Å². The maximum atomic E-state index is 13.1. The Kier molecular flexibility index (Phi) is 11.8. The molecule has 2 amide bonds. The first-order valence-electron chi connectivity index (χ1n) is 12.9. The molecule has 6 heteroatoms. The lowest BCUT2D eigenvalue weighted by Crippen LogP contribution is -2.47. The summed E-state index contributed by atoms with van der Waals surface area (Å²) in [4.78, 5) is 25.7. The lowest BCUT2D eigenvalue weighted by atomic mass is 9.98. The number of amides is 2. The molecular formula is C29H43N3O3. The Balaban J connectivity index is 2.13. The number of carbonyl (C=O) groups excluding carboxylic acids is 2. The lowest BCUT2D eigenvalue weighted by Gasteiger charge is -2.24. The largest absolute Gasteiger partial charge is 0.493 e. The molecule has 35 heavy (non-hydrogen) atoms. The Morgan fingerprint density at radius 3 is 2.17 bits per heavy atom. The zero-order chi connectivity index (χ0) is 25.8. The van der Waals surface area contributed by atoms with Gasteiger partial charge in [-0.15, -0.1) is 0 Å². The third-order valence-corrected chi connectivity index (χ3v) is 6.65. The smallest absolute Gasteiger partial charge is 0.237 e. The van der Waals surface area contributed by atoms with Crippen molar-refractivity contribution in [3.63, 3.8) is 0 Å². The minimum atomic E-state index is -0.583. The number of nitrogens with one attached hydrogen (secondary N) is 2. The fourth-order valence-electron chi connectivity index (χ4n) is 3.89. The van der Waals surface area contributed by atoms with Gasteiger partial charge < -0.3 is 21.1 Å². The fourth-order valence-corrected chi connectivity index (χ4v) is 3.89. The van der Waals surface area contributed by atoms with E-state index in [1.807, 2.05) is 75.4 Å². The molecular weight excluding hydrogens is 438 g/mol. The van der Waals surface area contributed by atoms with Gasteiger partial charge in [-0.1, -0.05) is 83.0 Å². The van der Waals surface area contributed by atoms with Crippen molar-refractivity contribution >= 4 is 11.8 Å². The van der Waals surface area contributed by atoms with E-state index in [0.717, 1.165) is 36.1 Å². The molecule has 1 unspecified atom stereocenters. The van der Waals surface area contributed by atoms with Crippen LogP contribution in [-0.4, -0.2) is 31.0 Å². The third-order valence-electron chi connectivity index (χ3n) is 6.65. The van der Waals surface area contributed by atoms with E-state index in [1.165, 1.54) is 0 Å². The number of nitrogens with two attached hydrogens (primary N) is 1. The van der Waals surface area contributed by atoms with Gasteiger partial charge in [0.2, 0.25) is 11.8 Å². The van der Waals surface area contributed by atoms with Crippen molar-refractivity contribution in [1.82, 2.24) is 10.6 Å². The van der Waals surface area contributed by atoms with Gasteiger partial charge in [0.15, 0.2) is 0 Å². The Morgan fingerprint density at radius 2 is 1.57 bits per heavy atom. The predicted octanol–water partition coefficient (Wildman–Crippen LogP) is 4.95. The van der Waals surface area contributed by atoms with Crippen molar-refractivity contribution < 1.29 is 14.3 Å². The van der Waals surface area contributed by atoms with E-state index in [4.69, 9.17) is 10.5 Å². The van der Waals surface area contributed by atoms with E-state index in [0.29, 0.717) is 12.5 Å². The molecule has 2 aromatic rings. The highest BCUT2D eigenvalue weighted by atomic mass is 16.5. The van der Waals surface area contributed by atoms with Gasteiger partial charge in [-0.3, -0.25) is 9.59 Å². The first-order chi connectivity index (χ1) is 16.8. The summed E-state index contributed by atoms with van der Waals surface area (Å²) in [7, 11) is 0. The van der Waals surface area contributed by atoms with E-state index in [-0.39, 0.29) is 30.2 Å². The van der Waals surface area contributed by atoms with Gasteiger partial charge in [-0.25, -0.2) is 0 Å². The SMILES string of the molecule is CCCC(C)COc1ccc([C@@H](CNC(=O)[C@@H](N)[C@@H](C)CC)NC(=O)[C@@H](C)c2ccccc2)cc1. The van der Waals surface area contributed by atoms with Crippen LogP contribution in [0.3, 0.4) is 0 Å². The van der Waals surface area contributed by atoms with Gasteiger partial charge in [-0.2, -0.15) is 0 Å². The van der Waals surface area contributed by atoms with Crippen LogP contribution in [0.4, 0.5) is 0 Å². The molecule has 0 aliphatic rings. The van der Waals surface area contributed by atoms with Crippen LogP contribution in [-0.2, 0) is 9.59 Å². The minimum Gasteiger partial charge on any atom is -0.493 e. The van der Waals surface area contributed by atoms with Gasteiger partial charge in [0.25, 0.3) is 0 Å². The fraction of sp³-hybridized carbons (Fsp3) is 0.517. The second kappa shape index (κ2) is 14.5. The van der Waals surface area contributed by atoms with Crippen LogP contribution in [0, 0.1) is 11.8 Å². The van der Waals surface area contributed by atoms with E-state index in [9.17, 15) is 9.59 Å². The molecule has 5 atom stereocenters. The number of carbonyl (C=O) groups is 2. The molecule has 0 fully saturated rings. The monoisotopic (exact) mass is 481 g/mol. The minimum absolute atomic E-state index is 0.0766. The first kappa shape index (κ1) is 28.4. The number of ether oxygens (including phenoxy) is 1. The third kappa shape index (κ3) is 9.02. The molecule has 2 rings (SSSR count). The van der Waals surface area contributed by atoms with E-state index in [1.54, 1.807) is 0 Å². The highest BCUT2D eigenvalue weighted by Crippen LogP contribution is 2.21. The van der Waals surface area contributed by atoms with Crippen molar-refractivity contribution in [1.29, 1.82) is 0 Å². The van der Waals surface area contributed by atoms with Crippen molar-refractivity contribution in [3.8, 4) is 5.75 Å². The highest BCUT2D eigenvalue weighted by Gasteiger charge is 2.24. The summed E-state index contributed by atoms with van der Waals surface area (Å²) < 4.78 is 5.93. The van der Waals surface area contributed by atoms with Crippen LogP contribution >= 0.6 is 0 Å². The Bertz CT molecular complexity index is 901. The predicted molar refractivity (Wildman–Crippen MR) is 142 cm³/mol. The Labute approximate surface area is 211 Å². The molecule has 0 bridgehead atoms. The highest BCUT2D eigenvalue weighted by molar-refractivity contribution is 5.84. The standard InChI is InChI=1S/C29H43N3O3/c1-6-11-20(3)19-35-25-16-14-24(15-17-25)26(18-31-29(34)27(30)21(4)7-2)32-28(33)22(5)23-12-9-8-10-13-23/h8-10,12-17,20-22,26-27H,6-7,11,18-19,30H2,1-5H3,(H,31,34)(H,32,33)/t20?,21-,22-,26+,27-/m0/s1. The maximum absolute atomic E-state index is 13.1. The van der Waals surface area contributed by atoms with Crippen molar-refractivity contribution in [2.24, 2.45) is 17.6 Å². The summed E-state index contributed by atoms with van der Waals surface area (Å²) in [5.74, 6) is 0.737. The van der Waals surface area contributed by atoms with Crippen LogP contribution in [0.15, 0.2) is 54.6 Å². The second-order valence-corrected chi connectivity index (χ2v) is 9.62. The van der Waals surface area contributed by atoms with Gasteiger partial charge in [-0.05, 0) is 48.4 Å². The van der Waals surface area contributed by atoms with Crippen molar-refractivity contribution in [2.45, 2.75) is 71.9 Å². The summed E-state index contributed by atoms with van der Waals surface area (Å²) in [6, 6.07) is 16.4. The molecule has 0 radical (unpaired) electrons. The van der Waals surface area contributed by atoms with Gasteiger partial charge in [0, 0.05) is 6.54 Å². The van der Waals surface area contributed by atoms with E-state index < -0.39 is 12.1 Å². The number of hydrogen-bond donors (Lipinski definition) is 3. The molecule has 0 spiro atoms. The maximum Gasteiger partial charge on any atom is 0.237 e. The number of benzene rings is 2. The Morgan fingerprint density at radius 1 is 0.914 bits per heavy atom.